The van der Waals surface area contributed by atoms with Gasteiger partial charge in [-0.05, 0) is 18.1 Å². The van der Waals surface area contributed by atoms with E-state index in [1.165, 1.54) is 11.1 Å². The van der Waals surface area contributed by atoms with E-state index in [0.717, 1.165) is 23.4 Å². The molecular formula is C13H13NOS. The highest BCUT2D eigenvalue weighted by Crippen LogP contribution is 2.17. The fraction of sp³-hybridized carbons (Fsp3) is 0.231. The molecule has 1 aromatic heterocycles. The minimum atomic E-state index is 0.421. The normalized spacial score (nSPS) is 10.3. The topological polar surface area (TPSA) is 30.0 Å². The first kappa shape index (κ1) is 11.0. The van der Waals surface area contributed by atoms with E-state index < -0.39 is 0 Å². The van der Waals surface area contributed by atoms with Crippen molar-refractivity contribution in [3.8, 4) is 0 Å². The molecule has 1 aromatic carbocycles. The summed E-state index contributed by atoms with van der Waals surface area (Å²) >= 11 is 1.62. The van der Waals surface area contributed by atoms with Crippen LogP contribution in [0.2, 0.25) is 0 Å². The van der Waals surface area contributed by atoms with Crippen LogP contribution in [0, 0.1) is 6.92 Å². The Hall–Kier alpha value is -1.48. The van der Waals surface area contributed by atoms with E-state index in [4.69, 9.17) is 0 Å². The Morgan fingerprint density at radius 3 is 2.94 bits per heavy atom. The number of hydrogen-bond donors (Lipinski definition) is 0. The Balaban J connectivity index is 2.14. The number of aldehydes is 1. The second-order valence-corrected chi connectivity index (χ2v) is 4.65. The van der Waals surface area contributed by atoms with E-state index in [0.29, 0.717) is 6.42 Å². The van der Waals surface area contributed by atoms with Crippen molar-refractivity contribution in [1.29, 1.82) is 0 Å². The lowest BCUT2D eigenvalue weighted by atomic mass is 10.1. The van der Waals surface area contributed by atoms with Crippen LogP contribution in [0.1, 0.15) is 21.8 Å². The summed E-state index contributed by atoms with van der Waals surface area (Å²) in [6, 6.07) is 8.31. The third-order valence-electron chi connectivity index (χ3n) is 2.49. The van der Waals surface area contributed by atoms with E-state index >= 15 is 0 Å². The lowest BCUT2D eigenvalue weighted by molar-refractivity contribution is -0.107. The Kier molecular flexibility index (Phi) is 3.47. The number of carbonyl (C=O) groups excluding carboxylic acids is 1. The maximum Gasteiger partial charge on any atom is 0.125 e. The van der Waals surface area contributed by atoms with E-state index in [1.54, 1.807) is 11.3 Å². The first-order valence-corrected chi connectivity index (χ1v) is 6.09. The third-order valence-corrected chi connectivity index (χ3v) is 3.39. The molecule has 0 amide bonds. The molecule has 0 aliphatic carbocycles. The molecule has 2 aromatic rings. The highest BCUT2D eigenvalue weighted by atomic mass is 32.1. The number of carbonyl (C=O) groups is 1. The van der Waals surface area contributed by atoms with Crippen molar-refractivity contribution in [2.75, 3.05) is 0 Å². The molecule has 0 spiro atoms. The first-order chi connectivity index (χ1) is 7.79. The van der Waals surface area contributed by atoms with E-state index in [9.17, 15) is 4.79 Å². The van der Waals surface area contributed by atoms with Crippen molar-refractivity contribution in [2.45, 2.75) is 19.8 Å². The molecule has 0 radical (unpaired) electrons. The number of aromatic nitrogens is 1. The summed E-state index contributed by atoms with van der Waals surface area (Å²) in [6.45, 7) is 2.11. The summed E-state index contributed by atoms with van der Waals surface area (Å²) in [6.07, 6.45) is 2.17. The highest BCUT2D eigenvalue weighted by Gasteiger charge is 2.04. The molecule has 0 atom stereocenters. The average Bonchev–Trinajstić information content (AvgIpc) is 2.70. The largest absolute Gasteiger partial charge is 0.303 e. The molecule has 0 saturated carbocycles. The van der Waals surface area contributed by atoms with Gasteiger partial charge in [-0.3, -0.25) is 0 Å². The van der Waals surface area contributed by atoms with E-state index in [1.807, 2.05) is 17.5 Å². The molecule has 2 rings (SSSR count). The van der Waals surface area contributed by atoms with Crippen molar-refractivity contribution in [2.24, 2.45) is 0 Å². The monoisotopic (exact) mass is 231 g/mol. The lowest BCUT2D eigenvalue weighted by Gasteiger charge is -2.01. The van der Waals surface area contributed by atoms with Crippen molar-refractivity contribution in [1.82, 2.24) is 4.98 Å². The fourth-order valence-corrected chi connectivity index (χ4v) is 2.41. The molecule has 3 heteroatoms. The summed E-state index contributed by atoms with van der Waals surface area (Å²) in [4.78, 5) is 14.8. The van der Waals surface area contributed by atoms with Gasteiger partial charge in [0, 0.05) is 18.2 Å². The van der Waals surface area contributed by atoms with Gasteiger partial charge in [0.25, 0.3) is 0 Å². The summed E-state index contributed by atoms with van der Waals surface area (Å²) in [7, 11) is 0. The number of aryl methyl sites for hydroxylation is 1. The average molecular weight is 231 g/mol. The van der Waals surface area contributed by atoms with Crippen LogP contribution in [0.4, 0.5) is 0 Å². The highest BCUT2D eigenvalue weighted by molar-refractivity contribution is 7.09. The number of benzene rings is 1. The van der Waals surface area contributed by atoms with Crippen molar-refractivity contribution >= 4 is 17.6 Å². The van der Waals surface area contributed by atoms with Crippen LogP contribution in [-0.4, -0.2) is 11.3 Å². The van der Waals surface area contributed by atoms with Crippen LogP contribution >= 0.6 is 11.3 Å². The SMILES string of the molecule is Cc1ccccc1Cc1nc(CC=O)cs1. The third kappa shape index (κ3) is 2.55. The molecule has 0 N–H and O–H groups in total. The minimum Gasteiger partial charge on any atom is -0.303 e. The molecule has 0 fully saturated rings. The number of thiazole rings is 1. The Morgan fingerprint density at radius 1 is 1.38 bits per heavy atom. The molecule has 0 aliphatic heterocycles. The maximum absolute atomic E-state index is 10.4. The van der Waals surface area contributed by atoms with E-state index in [-0.39, 0.29) is 0 Å². The number of hydrogen-bond acceptors (Lipinski definition) is 3. The van der Waals surface area contributed by atoms with E-state index in [2.05, 4.69) is 24.0 Å². The van der Waals surface area contributed by atoms with Gasteiger partial charge in [-0.2, -0.15) is 0 Å². The zero-order chi connectivity index (χ0) is 11.4. The predicted molar refractivity (Wildman–Crippen MR) is 65.9 cm³/mol. The summed E-state index contributed by atoms with van der Waals surface area (Å²) in [5.41, 5.74) is 3.47. The quantitative estimate of drug-likeness (QED) is 0.757. The van der Waals surface area contributed by atoms with Crippen molar-refractivity contribution in [3.63, 3.8) is 0 Å². The lowest BCUT2D eigenvalue weighted by Crippen LogP contribution is -1.92. The maximum atomic E-state index is 10.4. The first-order valence-electron chi connectivity index (χ1n) is 5.21. The minimum absolute atomic E-state index is 0.421. The molecule has 1 heterocycles. The summed E-state index contributed by atoms with van der Waals surface area (Å²) < 4.78 is 0. The molecule has 0 aliphatic rings. The molecule has 2 nitrogen and oxygen atoms in total. The van der Waals surface area contributed by atoms with Crippen LogP contribution < -0.4 is 0 Å². The van der Waals surface area contributed by atoms with Gasteiger partial charge >= 0.3 is 0 Å². The molecule has 0 saturated heterocycles. The fourth-order valence-electron chi connectivity index (χ4n) is 1.58. The van der Waals surface area contributed by atoms with Crippen LogP contribution in [0.3, 0.4) is 0 Å². The van der Waals surface area contributed by atoms with Crippen molar-refractivity contribution < 1.29 is 4.79 Å². The molecule has 0 bridgehead atoms. The standard InChI is InChI=1S/C13H13NOS/c1-10-4-2-3-5-11(10)8-13-14-12(6-7-15)9-16-13/h2-5,7,9H,6,8H2,1H3. The van der Waals surface area contributed by atoms with Gasteiger partial charge in [-0.25, -0.2) is 4.98 Å². The van der Waals surface area contributed by atoms with Gasteiger partial charge in [0.15, 0.2) is 0 Å². The summed E-state index contributed by atoms with van der Waals surface area (Å²) in [5.74, 6) is 0. The second-order valence-electron chi connectivity index (χ2n) is 3.71. The Labute approximate surface area is 99.0 Å². The zero-order valence-electron chi connectivity index (χ0n) is 9.14. The van der Waals surface area contributed by atoms with Gasteiger partial charge < -0.3 is 4.79 Å². The van der Waals surface area contributed by atoms with Crippen LogP contribution in [0.25, 0.3) is 0 Å². The van der Waals surface area contributed by atoms with Gasteiger partial charge in [0.1, 0.15) is 6.29 Å². The summed E-state index contributed by atoms with van der Waals surface area (Å²) in [5, 5.41) is 3.04. The Bertz CT molecular complexity index is 490. The predicted octanol–water partition coefficient (Wildman–Crippen LogP) is 2.78. The molecule has 82 valence electrons. The van der Waals surface area contributed by atoms with Gasteiger partial charge in [0.2, 0.25) is 0 Å². The van der Waals surface area contributed by atoms with Crippen LogP contribution in [0.15, 0.2) is 29.6 Å². The molecule has 16 heavy (non-hydrogen) atoms. The van der Waals surface area contributed by atoms with Crippen LogP contribution in [0.5, 0.6) is 0 Å². The molecular weight excluding hydrogens is 218 g/mol. The molecule has 0 unspecified atom stereocenters. The van der Waals surface area contributed by atoms with Crippen LogP contribution in [-0.2, 0) is 17.6 Å². The van der Waals surface area contributed by atoms with Gasteiger partial charge in [0.05, 0.1) is 10.7 Å². The second kappa shape index (κ2) is 5.03. The van der Waals surface area contributed by atoms with Gasteiger partial charge in [-0.15, -0.1) is 11.3 Å². The Morgan fingerprint density at radius 2 is 2.19 bits per heavy atom. The number of rotatable bonds is 4. The zero-order valence-corrected chi connectivity index (χ0v) is 9.96. The number of nitrogens with zero attached hydrogens (tertiary/aromatic N) is 1. The smallest absolute Gasteiger partial charge is 0.125 e. The van der Waals surface area contributed by atoms with Gasteiger partial charge in [-0.1, -0.05) is 24.3 Å². The van der Waals surface area contributed by atoms with Crippen molar-refractivity contribution in [3.05, 3.63) is 51.5 Å².